The minimum Gasteiger partial charge on any atom is -0.493 e. The third kappa shape index (κ3) is 2.65. The molecule has 3 aliphatic rings. The summed E-state index contributed by atoms with van der Waals surface area (Å²) in [6.07, 6.45) is -0.936. The predicted octanol–water partition coefficient (Wildman–Crippen LogP) is 1.78. The average Bonchev–Trinajstić information content (AvgIpc) is 3.23. The minimum absolute atomic E-state index is 0.0263. The van der Waals surface area contributed by atoms with Gasteiger partial charge >= 0.3 is 0 Å². The second-order valence-corrected chi connectivity index (χ2v) is 7.76. The Hall–Kier alpha value is -3.23. The minimum atomic E-state index is -1.94. The smallest absolute Gasteiger partial charge is 0.206 e. The van der Waals surface area contributed by atoms with Crippen LogP contribution in [0.5, 0.6) is 28.7 Å². The second-order valence-electron chi connectivity index (χ2n) is 7.76. The average molecular weight is 426 g/mol. The lowest BCUT2D eigenvalue weighted by atomic mass is 9.77. The summed E-state index contributed by atoms with van der Waals surface area (Å²) in [7, 11) is 2.97. The quantitative estimate of drug-likeness (QED) is 0.714. The normalized spacial score (nSPS) is 25.1. The molecule has 3 heterocycles. The number of methoxy groups -OCH3 is 2. The van der Waals surface area contributed by atoms with Crippen molar-refractivity contribution in [1.29, 1.82) is 0 Å². The molecule has 0 saturated carbocycles. The highest BCUT2D eigenvalue weighted by Crippen LogP contribution is 2.51. The number of ether oxygens (including phenoxy) is 5. The number of aliphatic hydroxyl groups is 2. The summed E-state index contributed by atoms with van der Waals surface area (Å²) in [5.41, 5.74) is -0.161. The van der Waals surface area contributed by atoms with Crippen LogP contribution in [0.15, 0.2) is 36.4 Å². The highest BCUT2D eigenvalue weighted by molar-refractivity contribution is 6.07. The Morgan fingerprint density at radius 1 is 1.19 bits per heavy atom. The number of Topliss-reactive ketones (excluding diaryl/α,β-unsaturated/α-hetero) is 1. The van der Waals surface area contributed by atoms with Crippen LogP contribution < -0.4 is 23.7 Å². The Balaban J connectivity index is 1.61. The lowest BCUT2D eigenvalue weighted by molar-refractivity contribution is -0.0802. The molecule has 0 aromatic heterocycles. The largest absolute Gasteiger partial charge is 0.493 e. The summed E-state index contributed by atoms with van der Waals surface area (Å²) in [5.74, 6) is 1.59. The highest BCUT2D eigenvalue weighted by Gasteiger charge is 2.56. The first-order chi connectivity index (χ1) is 14.9. The van der Waals surface area contributed by atoms with E-state index in [1.165, 1.54) is 14.2 Å². The summed E-state index contributed by atoms with van der Waals surface area (Å²) in [6.45, 7) is 3.61. The van der Waals surface area contributed by atoms with Gasteiger partial charge in [0.15, 0.2) is 23.2 Å². The lowest BCUT2D eigenvalue weighted by Crippen LogP contribution is -2.57. The molecular formula is C23H22O8. The van der Waals surface area contributed by atoms with Gasteiger partial charge in [-0.25, -0.2) is 0 Å². The zero-order chi connectivity index (χ0) is 21.9. The fraction of sp³-hybridized carbons (Fsp3) is 0.348. The van der Waals surface area contributed by atoms with Gasteiger partial charge in [-0.1, -0.05) is 6.58 Å². The maximum absolute atomic E-state index is 13.6. The van der Waals surface area contributed by atoms with Crippen LogP contribution in [0.3, 0.4) is 0 Å². The van der Waals surface area contributed by atoms with Crippen molar-refractivity contribution in [2.45, 2.75) is 24.2 Å². The van der Waals surface area contributed by atoms with Gasteiger partial charge in [0.2, 0.25) is 5.78 Å². The number of carbonyl (C=O) groups excluding carboxylic acids is 1. The van der Waals surface area contributed by atoms with Gasteiger partial charge < -0.3 is 33.9 Å². The number of carbonyl (C=O) groups is 1. The molecule has 3 aliphatic heterocycles. The van der Waals surface area contributed by atoms with Gasteiger partial charge in [-0.3, -0.25) is 4.79 Å². The van der Waals surface area contributed by atoms with E-state index < -0.39 is 23.6 Å². The van der Waals surface area contributed by atoms with E-state index in [1.54, 1.807) is 24.3 Å². The molecule has 2 aromatic carbocycles. The Morgan fingerprint density at radius 2 is 1.94 bits per heavy atom. The molecule has 0 spiro atoms. The van der Waals surface area contributed by atoms with Crippen molar-refractivity contribution in [3.8, 4) is 28.7 Å². The fourth-order valence-electron chi connectivity index (χ4n) is 4.41. The zero-order valence-electron chi connectivity index (χ0n) is 17.1. The van der Waals surface area contributed by atoms with Crippen LogP contribution in [0.2, 0.25) is 0 Å². The number of rotatable bonds is 4. The van der Waals surface area contributed by atoms with E-state index in [-0.39, 0.29) is 24.3 Å². The van der Waals surface area contributed by atoms with Crippen molar-refractivity contribution in [1.82, 2.24) is 0 Å². The van der Waals surface area contributed by atoms with E-state index in [0.29, 0.717) is 46.3 Å². The number of hydrogen-bond donors (Lipinski definition) is 2. The molecule has 0 unspecified atom stereocenters. The number of fused-ring (bicyclic) bond motifs is 6. The summed E-state index contributed by atoms with van der Waals surface area (Å²) in [4.78, 5) is 13.6. The monoisotopic (exact) mass is 426 g/mol. The molecule has 2 N–H and O–H groups in total. The van der Waals surface area contributed by atoms with Gasteiger partial charge in [-0.15, -0.1) is 0 Å². The molecule has 0 bridgehead atoms. The molecule has 0 aliphatic carbocycles. The third-order valence-electron chi connectivity index (χ3n) is 6.14. The van der Waals surface area contributed by atoms with Gasteiger partial charge in [0.1, 0.15) is 30.0 Å². The standard InChI is InChI=1S/C23H22O8/c1-11(9-24)16-6-13-15(30-16)5-4-12-21(13)31-20-10-29-17-8-19(28-3)18(27-2)7-14(17)23(20,26)22(12)25/h4-5,7-8,16,20,24,26H,1,6,9-10H2,2-3H3/t16-,20+,23-/m1/s1. The summed E-state index contributed by atoms with van der Waals surface area (Å²) >= 11 is 0. The summed E-state index contributed by atoms with van der Waals surface area (Å²) in [5, 5.41) is 21.0. The van der Waals surface area contributed by atoms with Crippen LogP contribution >= 0.6 is 0 Å². The van der Waals surface area contributed by atoms with Crippen molar-refractivity contribution in [3.63, 3.8) is 0 Å². The van der Waals surface area contributed by atoms with Crippen molar-refractivity contribution >= 4 is 5.78 Å². The Kier molecular flexibility index (Phi) is 4.39. The van der Waals surface area contributed by atoms with Gasteiger partial charge in [0.05, 0.1) is 26.4 Å². The van der Waals surface area contributed by atoms with Crippen LogP contribution in [0.1, 0.15) is 21.5 Å². The Bertz CT molecular complexity index is 1110. The van der Waals surface area contributed by atoms with Gasteiger partial charge in [0, 0.05) is 23.6 Å². The van der Waals surface area contributed by atoms with Crippen LogP contribution in [-0.2, 0) is 12.0 Å². The van der Waals surface area contributed by atoms with E-state index >= 15 is 0 Å². The SMILES string of the molecule is C=C(CO)[C@H]1Cc2c(ccc3c2O[C@H]2COc4cc(OC)c(OC)cc4[C@]2(O)C3=O)O1. The summed E-state index contributed by atoms with van der Waals surface area (Å²) in [6, 6.07) is 6.40. The molecule has 162 valence electrons. The maximum atomic E-state index is 13.6. The molecule has 3 atom stereocenters. The van der Waals surface area contributed by atoms with Crippen LogP contribution in [-0.4, -0.2) is 55.6 Å². The first-order valence-corrected chi connectivity index (χ1v) is 9.86. The number of hydrogen-bond acceptors (Lipinski definition) is 8. The molecule has 0 radical (unpaired) electrons. The molecule has 31 heavy (non-hydrogen) atoms. The Labute approximate surface area is 178 Å². The lowest BCUT2D eigenvalue weighted by Gasteiger charge is -2.43. The van der Waals surface area contributed by atoms with Crippen LogP contribution in [0.25, 0.3) is 0 Å². The zero-order valence-corrected chi connectivity index (χ0v) is 17.1. The fourth-order valence-corrected chi connectivity index (χ4v) is 4.41. The van der Waals surface area contributed by atoms with E-state index in [4.69, 9.17) is 23.7 Å². The van der Waals surface area contributed by atoms with E-state index in [2.05, 4.69) is 6.58 Å². The summed E-state index contributed by atoms with van der Waals surface area (Å²) < 4.78 is 28.5. The van der Waals surface area contributed by atoms with Crippen LogP contribution in [0.4, 0.5) is 0 Å². The van der Waals surface area contributed by atoms with Gasteiger partial charge in [0.25, 0.3) is 0 Å². The predicted molar refractivity (Wildman–Crippen MR) is 108 cm³/mol. The molecule has 5 rings (SSSR count). The molecule has 0 fully saturated rings. The first kappa shape index (κ1) is 19.7. The number of benzene rings is 2. The topological polar surface area (TPSA) is 104 Å². The van der Waals surface area contributed by atoms with Gasteiger partial charge in [-0.05, 0) is 23.8 Å². The van der Waals surface area contributed by atoms with Crippen LogP contribution in [0, 0.1) is 0 Å². The third-order valence-corrected chi connectivity index (χ3v) is 6.14. The highest BCUT2D eigenvalue weighted by atomic mass is 16.6. The molecule has 8 nitrogen and oxygen atoms in total. The van der Waals surface area contributed by atoms with Crippen molar-refractivity contribution < 1.29 is 38.7 Å². The van der Waals surface area contributed by atoms with Crippen molar-refractivity contribution in [3.05, 3.63) is 53.1 Å². The van der Waals surface area contributed by atoms with E-state index in [1.807, 2.05) is 0 Å². The first-order valence-electron chi connectivity index (χ1n) is 9.86. The number of aliphatic hydroxyl groups excluding tert-OH is 1. The molecule has 8 heteroatoms. The molecule has 0 saturated heterocycles. The second kappa shape index (κ2) is 6.90. The molecular weight excluding hydrogens is 404 g/mol. The van der Waals surface area contributed by atoms with E-state index in [9.17, 15) is 15.0 Å². The van der Waals surface area contributed by atoms with Gasteiger partial charge in [-0.2, -0.15) is 0 Å². The molecule has 0 amide bonds. The van der Waals surface area contributed by atoms with Crippen molar-refractivity contribution in [2.75, 3.05) is 27.4 Å². The molecule has 2 aromatic rings. The van der Waals surface area contributed by atoms with E-state index in [0.717, 1.165) is 0 Å². The van der Waals surface area contributed by atoms with Crippen molar-refractivity contribution in [2.24, 2.45) is 0 Å². The maximum Gasteiger partial charge on any atom is 0.206 e. The number of ketones is 1. The Morgan fingerprint density at radius 3 is 2.65 bits per heavy atom.